The molecule has 3 N–H and O–H groups in total. The normalized spacial score (nSPS) is 11.2. The molecule has 0 aromatic carbocycles. The third kappa shape index (κ3) is 5.11. The minimum absolute atomic E-state index is 0. The summed E-state index contributed by atoms with van der Waals surface area (Å²) < 4.78 is 26.8. The molecule has 1 aromatic rings. The Balaban J connectivity index is 0.00000256. The topological polar surface area (TPSA) is 72.2 Å². The van der Waals surface area contributed by atoms with Crippen LogP contribution in [0, 0.1) is 6.92 Å². The predicted molar refractivity (Wildman–Crippen MR) is 74.8 cm³/mol. The standard InChI is InChI=1S/C9H15ClN2O2S2.ClH/c1-7-6-8(15-9(7)10)16(13,14)12-5-3-2-4-11;/h6,12H,2-5,11H2,1H3;1H. The third-order valence-corrected chi connectivity index (χ3v) is 5.51. The van der Waals surface area contributed by atoms with E-state index in [0.29, 0.717) is 17.4 Å². The van der Waals surface area contributed by atoms with E-state index in [1.165, 1.54) is 0 Å². The molecule has 0 saturated heterocycles. The Morgan fingerprint density at radius 1 is 1.47 bits per heavy atom. The number of hydrogen-bond donors (Lipinski definition) is 2. The highest BCUT2D eigenvalue weighted by atomic mass is 35.5. The van der Waals surface area contributed by atoms with Gasteiger partial charge in [-0.05, 0) is 37.9 Å². The Morgan fingerprint density at radius 2 is 2.12 bits per heavy atom. The van der Waals surface area contributed by atoms with Crippen LogP contribution in [0.4, 0.5) is 0 Å². The van der Waals surface area contributed by atoms with Gasteiger partial charge in [0.15, 0.2) is 0 Å². The van der Waals surface area contributed by atoms with E-state index in [9.17, 15) is 8.42 Å². The molecule has 0 unspecified atom stereocenters. The summed E-state index contributed by atoms with van der Waals surface area (Å²) in [6, 6.07) is 1.58. The van der Waals surface area contributed by atoms with Crippen LogP contribution in [0.3, 0.4) is 0 Å². The molecule has 1 rings (SSSR count). The molecule has 0 atom stereocenters. The first-order valence-electron chi connectivity index (χ1n) is 4.93. The van der Waals surface area contributed by atoms with Crippen molar-refractivity contribution in [3.63, 3.8) is 0 Å². The van der Waals surface area contributed by atoms with Crippen LogP contribution in [0.1, 0.15) is 18.4 Å². The summed E-state index contributed by atoms with van der Waals surface area (Å²) >= 11 is 6.90. The van der Waals surface area contributed by atoms with Crippen LogP contribution in [0.25, 0.3) is 0 Å². The molecule has 0 radical (unpaired) electrons. The van der Waals surface area contributed by atoms with Crippen molar-refractivity contribution in [2.45, 2.75) is 24.0 Å². The maximum absolute atomic E-state index is 11.8. The average molecular weight is 319 g/mol. The molecule has 100 valence electrons. The third-order valence-electron chi connectivity index (χ3n) is 2.02. The van der Waals surface area contributed by atoms with Crippen molar-refractivity contribution in [2.24, 2.45) is 5.73 Å². The lowest BCUT2D eigenvalue weighted by Gasteiger charge is -2.03. The molecule has 0 aliphatic carbocycles. The lowest BCUT2D eigenvalue weighted by molar-refractivity contribution is 0.579. The monoisotopic (exact) mass is 318 g/mol. The van der Waals surface area contributed by atoms with Gasteiger partial charge in [-0.1, -0.05) is 11.6 Å². The summed E-state index contributed by atoms with van der Waals surface area (Å²) in [5.41, 5.74) is 6.11. The largest absolute Gasteiger partial charge is 0.330 e. The zero-order valence-electron chi connectivity index (χ0n) is 9.40. The molecule has 0 fully saturated rings. The highest BCUT2D eigenvalue weighted by molar-refractivity contribution is 7.91. The van der Waals surface area contributed by atoms with Crippen LogP contribution < -0.4 is 10.5 Å². The quantitative estimate of drug-likeness (QED) is 0.789. The van der Waals surface area contributed by atoms with Gasteiger partial charge in [-0.25, -0.2) is 13.1 Å². The highest BCUT2D eigenvalue weighted by Gasteiger charge is 2.17. The minimum atomic E-state index is -3.40. The van der Waals surface area contributed by atoms with Gasteiger partial charge >= 0.3 is 0 Å². The van der Waals surface area contributed by atoms with Gasteiger partial charge in [-0.15, -0.1) is 23.7 Å². The van der Waals surface area contributed by atoms with Crippen molar-refractivity contribution in [3.8, 4) is 0 Å². The van der Waals surface area contributed by atoms with Crippen LogP contribution in [0.5, 0.6) is 0 Å². The second-order valence-corrected chi connectivity index (χ2v) is 7.06. The number of sulfonamides is 1. The SMILES string of the molecule is Cc1cc(S(=O)(=O)NCCCCN)sc1Cl.Cl. The smallest absolute Gasteiger partial charge is 0.250 e. The summed E-state index contributed by atoms with van der Waals surface area (Å²) in [4.78, 5) is 0. The number of hydrogen-bond acceptors (Lipinski definition) is 4. The molecule has 0 spiro atoms. The molecule has 0 amide bonds. The minimum Gasteiger partial charge on any atom is -0.330 e. The van der Waals surface area contributed by atoms with Crippen molar-refractivity contribution in [2.75, 3.05) is 13.1 Å². The summed E-state index contributed by atoms with van der Waals surface area (Å²) in [5, 5.41) is 0. The fourth-order valence-corrected chi connectivity index (χ4v) is 3.94. The second-order valence-electron chi connectivity index (χ2n) is 3.42. The van der Waals surface area contributed by atoms with Crippen molar-refractivity contribution < 1.29 is 8.42 Å². The van der Waals surface area contributed by atoms with Gasteiger partial charge in [0.05, 0.1) is 4.34 Å². The van der Waals surface area contributed by atoms with Gasteiger partial charge in [0.2, 0.25) is 10.0 Å². The van der Waals surface area contributed by atoms with Gasteiger partial charge in [-0.2, -0.15) is 0 Å². The van der Waals surface area contributed by atoms with E-state index in [0.717, 1.165) is 29.7 Å². The molecule has 0 aliphatic rings. The number of nitrogens with two attached hydrogens (primary N) is 1. The predicted octanol–water partition coefficient (Wildman–Crippen LogP) is 2.15. The van der Waals surface area contributed by atoms with Gasteiger partial charge < -0.3 is 5.73 Å². The van der Waals surface area contributed by atoms with Crippen LogP contribution in [0.15, 0.2) is 10.3 Å². The van der Waals surface area contributed by atoms with Gasteiger partial charge in [0.1, 0.15) is 4.21 Å². The Labute approximate surface area is 117 Å². The molecule has 8 heteroatoms. The Morgan fingerprint density at radius 3 is 2.59 bits per heavy atom. The molecule has 1 aromatic heterocycles. The Hall–Kier alpha value is 0.150. The Bertz CT molecular complexity index is 426. The molecule has 1 heterocycles. The first-order chi connectivity index (χ1) is 7.47. The maximum atomic E-state index is 11.8. The zero-order valence-corrected chi connectivity index (χ0v) is 12.6. The van der Waals surface area contributed by atoms with Crippen molar-refractivity contribution in [3.05, 3.63) is 16.0 Å². The van der Waals surface area contributed by atoms with Crippen LogP contribution in [0.2, 0.25) is 4.34 Å². The fourth-order valence-electron chi connectivity index (χ4n) is 1.11. The van der Waals surface area contributed by atoms with E-state index < -0.39 is 10.0 Å². The van der Waals surface area contributed by atoms with Crippen LogP contribution in [-0.4, -0.2) is 21.5 Å². The van der Waals surface area contributed by atoms with E-state index in [4.69, 9.17) is 17.3 Å². The van der Waals surface area contributed by atoms with E-state index in [1.54, 1.807) is 13.0 Å². The summed E-state index contributed by atoms with van der Waals surface area (Å²) in [6.45, 7) is 2.77. The second kappa shape index (κ2) is 7.56. The average Bonchev–Trinajstić information content (AvgIpc) is 2.55. The lowest BCUT2D eigenvalue weighted by Crippen LogP contribution is -2.24. The zero-order chi connectivity index (χ0) is 12.2. The summed E-state index contributed by atoms with van der Waals surface area (Å²) in [6.07, 6.45) is 1.56. The van der Waals surface area contributed by atoms with Gasteiger partial charge in [0, 0.05) is 6.54 Å². The lowest BCUT2D eigenvalue weighted by atomic mass is 10.3. The Kier molecular flexibility index (Phi) is 7.62. The van der Waals surface area contributed by atoms with Crippen molar-refractivity contribution in [1.82, 2.24) is 4.72 Å². The number of unbranched alkanes of at least 4 members (excludes halogenated alkanes) is 1. The molecule has 17 heavy (non-hydrogen) atoms. The van der Waals surface area contributed by atoms with Gasteiger partial charge in [0.25, 0.3) is 0 Å². The van der Waals surface area contributed by atoms with Crippen LogP contribution in [-0.2, 0) is 10.0 Å². The summed E-state index contributed by atoms with van der Waals surface area (Å²) in [7, 11) is -3.40. The van der Waals surface area contributed by atoms with E-state index in [-0.39, 0.29) is 16.6 Å². The number of rotatable bonds is 6. The number of nitrogens with one attached hydrogen (secondary N) is 1. The van der Waals surface area contributed by atoms with E-state index in [1.807, 2.05) is 0 Å². The van der Waals surface area contributed by atoms with E-state index >= 15 is 0 Å². The number of aryl methyl sites for hydroxylation is 1. The van der Waals surface area contributed by atoms with Gasteiger partial charge in [-0.3, -0.25) is 0 Å². The van der Waals surface area contributed by atoms with Crippen molar-refractivity contribution >= 4 is 45.4 Å². The molecule has 4 nitrogen and oxygen atoms in total. The van der Waals surface area contributed by atoms with E-state index in [2.05, 4.69) is 4.72 Å². The fraction of sp³-hybridized carbons (Fsp3) is 0.556. The number of thiophene rings is 1. The van der Waals surface area contributed by atoms with Crippen molar-refractivity contribution in [1.29, 1.82) is 0 Å². The first kappa shape index (κ1) is 17.2. The first-order valence-corrected chi connectivity index (χ1v) is 7.61. The molecule has 0 saturated carbocycles. The molecule has 0 aliphatic heterocycles. The highest BCUT2D eigenvalue weighted by Crippen LogP contribution is 2.29. The summed E-state index contributed by atoms with van der Waals surface area (Å²) in [5.74, 6) is 0. The molecule has 0 bridgehead atoms. The number of halogens is 2. The van der Waals surface area contributed by atoms with Crippen LogP contribution >= 0.6 is 35.3 Å². The molecular formula is C9H16Cl2N2O2S2. The maximum Gasteiger partial charge on any atom is 0.250 e. The molecular weight excluding hydrogens is 303 g/mol.